The van der Waals surface area contributed by atoms with Crippen molar-refractivity contribution in [2.75, 3.05) is 12.4 Å². The number of carboxylic acid groups (broad SMARTS) is 1. The molecule has 40 heavy (non-hydrogen) atoms. The Hall–Kier alpha value is -3.50. The number of carboxylic acids is 1. The monoisotopic (exact) mass is 587 g/mol. The average molecular weight is 588 g/mol. The van der Waals surface area contributed by atoms with Crippen molar-refractivity contribution >= 4 is 72.7 Å². The molecule has 1 amide bonds. The standard InChI is InChI=1S/C29H24ClN3O6.Ca.2H/c1-17(34)22-13-10-20(30)15-23(22)24-16-26(35)33(32-28(24)39-2)25(14-18-6-4-3-5-7-18)27(36)31-21-11-8-19(9-12-21)29(37)38;;;/h3-13,15-16,25H,14H2,1-2H3,(H,31,36)(H,37,38);;;/q;+2;2*-1. The Balaban J connectivity index is 0.00000294. The van der Waals surface area contributed by atoms with Gasteiger partial charge in [-0.15, -0.1) is 5.10 Å². The molecular formula is C29H26CaClN3O6. The van der Waals surface area contributed by atoms with Crippen LogP contribution in [-0.2, 0) is 11.2 Å². The van der Waals surface area contributed by atoms with Gasteiger partial charge in [-0.05, 0) is 60.5 Å². The third-order valence-electron chi connectivity index (χ3n) is 6.04. The van der Waals surface area contributed by atoms with Crippen molar-refractivity contribution in [2.45, 2.75) is 19.4 Å². The Bertz CT molecular complexity index is 1620. The molecule has 0 bridgehead atoms. The Morgan fingerprint density at radius 3 is 2.30 bits per heavy atom. The van der Waals surface area contributed by atoms with Crippen molar-refractivity contribution in [1.29, 1.82) is 0 Å². The molecule has 9 nitrogen and oxygen atoms in total. The molecule has 0 saturated heterocycles. The van der Waals surface area contributed by atoms with Gasteiger partial charge in [0.1, 0.15) is 6.04 Å². The van der Waals surface area contributed by atoms with Crippen molar-refractivity contribution < 1.29 is 27.1 Å². The number of nitrogens with zero attached hydrogens (tertiary/aromatic N) is 2. The average Bonchev–Trinajstić information content (AvgIpc) is 2.92. The van der Waals surface area contributed by atoms with E-state index in [4.69, 9.17) is 21.4 Å². The number of rotatable bonds is 9. The summed E-state index contributed by atoms with van der Waals surface area (Å²) >= 11 is 6.18. The molecule has 3 aromatic carbocycles. The van der Waals surface area contributed by atoms with Crippen molar-refractivity contribution in [3.05, 3.63) is 111 Å². The van der Waals surface area contributed by atoms with Crippen LogP contribution in [0.2, 0.25) is 5.02 Å². The number of hydrogen-bond acceptors (Lipinski definition) is 6. The molecule has 4 rings (SSSR count). The maximum Gasteiger partial charge on any atom is 2.00 e. The van der Waals surface area contributed by atoms with E-state index in [1.54, 1.807) is 18.2 Å². The predicted octanol–water partition coefficient (Wildman–Crippen LogP) is 4.74. The zero-order valence-electron chi connectivity index (χ0n) is 23.8. The quantitative estimate of drug-likeness (QED) is 0.214. The first-order chi connectivity index (χ1) is 18.7. The van der Waals surface area contributed by atoms with Crippen LogP contribution in [0.1, 0.15) is 42.1 Å². The van der Waals surface area contributed by atoms with Crippen LogP contribution in [0, 0.1) is 0 Å². The number of carbonyl (C=O) groups excluding carboxylic acids is 2. The molecule has 4 aromatic rings. The summed E-state index contributed by atoms with van der Waals surface area (Å²) in [6, 6.07) is 19.6. The SMILES string of the molecule is COc1nn(C(Cc2ccccc2)C(=O)Nc2ccc(C(=O)O)cc2)c(=O)cc1-c1cc(Cl)ccc1C(C)=O.[Ca+2].[H-].[H-]. The van der Waals surface area contributed by atoms with Gasteiger partial charge in [-0.1, -0.05) is 41.9 Å². The molecule has 1 heterocycles. The topological polar surface area (TPSA) is 128 Å². The van der Waals surface area contributed by atoms with Crippen LogP contribution in [0.15, 0.2) is 83.7 Å². The number of Topliss-reactive ketones (excluding diaryl/α,β-unsaturated/α-hetero) is 1. The third-order valence-corrected chi connectivity index (χ3v) is 6.27. The van der Waals surface area contributed by atoms with Crippen LogP contribution in [0.5, 0.6) is 5.88 Å². The summed E-state index contributed by atoms with van der Waals surface area (Å²) in [6.45, 7) is 1.40. The molecule has 0 aliphatic heterocycles. The molecule has 0 saturated carbocycles. The van der Waals surface area contributed by atoms with E-state index in [-0.39, 0.29) is 69.8 Å². The zero-order chi connectivity index (χ0) is 28.1. The molecule has 0 radical (unpaired) electrons. The number of hydrogen-bond donors (Lipinski definition) is 2. The van der Waals surface area contributed by atoms with Gasteiger partial charge < -0.3 is 18.0 Å². The number of methoxy groups -OCH3 is 1. The molecule has 0 aliphatic rings. The number of aromatic nitrogens is 2. The van der Waals surface area contributed by atoms with Crippen molar-refractivity contribution in [1.82, 2.24) is 9.78 Å². The van der Waals surface area contributed by atoms with E-state index in [1.165, 1.54) is 44.4 Å². The second-order valence-electron chi connectivity index (χ2n) is 8.67. The van der Waals surface area contributed by atoms with Crippen LogP contribution < -0.4 is 15.6 Å². The van der Waals surface area contributed by atoms with E-state index in [1.807, 2.05) is 30.3 Å². The molecule has 0 spiro atoms. The number of ether oxygens (including phenoxy) is 1. The predicted molar refractivity (Wildman–Crippen MR) is 155 cm³/mol. The van der Waals surface area contributed by atoms with E-state index in [9.17, 15) is 19.2 Å². The van der Waals surface area contributed by atoms with E-state index in [0.29, 0.717) is 21.8 Å². The van der Waals surface area contributed by atoms with Crippen LogP contribution in [-0.4, -0.2) is 77.4 Å². The van der Waals surface area contributed by atoms with Gasteiger partial charge in [-0.2, -0.15) is 0 Å². The van der Waals surface area contributed by atoms with Gasteiger partial charge in [0.15, 0.2) is 5.78 Å². The molecule has 2 N–H and O–H groups in total. The van der Waals surface area contributed by atoms with Gasteiger partial charge in [0.25, 0.3) is 5.56 Å². The molecule has 11 heteroatoms. The van der Waals surface area contributed by atoms with E-state index < -0.39 is 23.5 Å². The smallest absolute Gasteiger partial charge is 1.00 e. The number of carbonyl (C=O) groups is 3. The Morgan fingerprint density at radius 1 is 1.02 bits per heavy atom. The first-order valence-electron chi connectivity index (χ1n) is 11.8. The second kappa shape index (κ2) is 13.7. The summed E-state index contributed by atoms with van der Waals surface area (Å²) in [4.78, 5) is 50.4. The van der Waals surface area contributed by atoms with Crippen LogP contribution in [0.25, 0.3) is 11.1 Å². The Kier molecular flexibility index (Phi) is 10.6. The molecule has 202 valence electrons. The maximum atomic E-state index is 13.5. The summed E-state index contributed by atoms with van der Waals surface area (Å²) in [6.07, 6.45) is 0.130. The second-order valence-corrected chi connectivity index (χ2v) is 9.11. The molecular weight excluding hydrogens is 562 g/mol. The van der Waals surface area contributed by atoms with Gasteiger partial charge in [-0.3, -0.25) is 14.4 Å². The molecule has 1 atom stereocenters. The number of ketones is 1. The van der Waals surface area contributed by atoms with Gasteiger partial charge in [0.2, 0.25) is 11.8 Å². The fourth-order valence-electron chi connectivity index (χ4n) is 4.11. The first-order valence-corrected chi connectivity index (χ1v) is 12.2. The van der Waals surface area contributed by atoms with Crippen LogP contribution in [0.4, 0.5) is 5.69 Å². The number of nitrogens with one attached hydrogen (secondary N) is 1. The Morgan fingerprint density at radius 2 is 1.70 bits per heavy atom. The van der Waals surface area contributed by atoms with Crippen LogP contribution >= 0.6 is 11.6 Å². The number of anilines is 1. The van der Waals surface area contributed by atoms with Crippen LogP contribution in [0.3, 0.4) is 0 Å². The fourth-order valence-corrected chi connectivity index (χ4v) is 4.29. The Labute approximate surface area is 267 Å². The minimum Gasteiger partial charge on any atom is -1.00 e. The molecule has 0 aliphatic carbocycles. The van der Waals surface area contributed by atoms with E-state index >= 15 is 0 Å². The van der Waals surface area contributed by atoms with Gasteiger partial charge in [0.05, 0.1) is 18.2 Å². The molecule has 1 aromatic heterocycles. The normalized spacial score (nSPS) is 11.2. The maximum absolute atomic E-state index is 13.5. The first kappa shape index (κ1) is 31.0. The van der Waals surface area contributed by atoms with E-state index in [0.717, 1.165) is 10.2 Å². The summed E-state index contributed by atoms with van der Waals surface area (Å²) in [5.74, 6) is -1.84. The fraction of sp³-hybridized carbons (Fsp3) is 0.138. The number of benzene rings is 3. The third kappa shape index (κ3) is 7.17. The van der Waals surface area contributed by atoms with Crippen molar-refractivity contribution in [3.63, 3.8) is 0 Å². The summed E-state index contributed by atoms with van der Waals surface area (Å²) in [5.41, 5.74) is 1.57. The largest absolute Gasteiger partial charge is 2.00 e. The summed E-state index contributed by atoms with van der Waals surface area (Å²) < 4.78 is 6.53. The van der Waals surface area contributed by atoms with Crippen molar-refractivity contribution in [2.24, 2.45) is 0 Å². The van der Waals surface area contributed by atoms with Gasteiger partial charge in [-0.25, -0.2) is 9.48 Å². The summed E-state index contributed by atoms with van der Waals surface area (Å²) in [5, 5.41) is 16.6. The number of aromatic carboxylic acids is 1. The van der Waals surface area contributed by atoms with Gasteiger partial charge in [0, 0.05) is 28.8 Å². The molecule has 1 unspecified atom stereocenters. The number of amides is 1. The molecule has 0 fully saturated rings. The zero-order valence-corrected chi connectivity index (χ0v) is 24.7. The van der Waals surface area contributed by atoms with Gasteiger partial charge >= 0.3 is 43.7 Å². The minimum absolute atomic E-state index is 0. The number of halogens is 1. The van der Waals surface area contributed by atoms with E-state index in [2.05, 4.69) is 10.4 Å². The van der Waals surface area contributed by atoms with Crippen molar-refractivity contribution in [3.8, 4) is 17.0 Å². The minimum atomic E-state index is -1.09. The summed E-state index contributed by atoms with van der Waals surface area (Å²) in [7, 11) is 1.37.